The lowest BCUT2D eigenvalue weighted by atomic mass is 10.1. The summed E-state index contributed by atoms with van der Waals surface area (Å²) >= 11 is 0. The van der Waals surface area contributed by atoms with Gasteiger partial charge in [0.1, 0.15) is 5.82 Å². The fraction of sp³-hybridized carbons (Fsp3) is 0.667. The minimum atomic E-state index is -2.89. The van der Waals surface area contributed by atoms with Crippen LogP contribution in [0, 0.1) is 0 Å². The van der Waals surface area contributed by atoms with Gasteiger partial charge in [-0.2, -0.15) is 0 Å². The lowest BCUT2D eigenvalue weighted by Gasteiger charge is -2.34. The van der Waals surface area contributed by atoms with Crippen LogP contribution in [0.4, 0.5) is 5.82 Å². The number of sulfone groups is 1. The molecule has 1 aliphatic rings. The lowest BCUT2D eigenvalue weighted by Crippen LogP contribution is -2.47. The predicted octanol–water partition coefficient (Wildman–Crippen LogP) is 1.38. The van der Waals surface area contributed by atoms with Gasteiger partial charge in [0.15, 0.2) is 9.84 Å². The Labute approximate surface area is 127 Å². The van der Waals surface area contributed by atoms with Crippen LogP contribution in [-0.2, 0) is 22.8 Å². The third kappa shape index (κ3) is 4.17. The van der Waals surface area contributed by atoms with E-state index in [-0.39, 0.29) is 17.5 Å². The number of aryl methyl sites for hydroxylation is 1. The van der Waals surface area contributed by atoms with Gasteiger partial charge in [0.2, 0.25) is 0 Å². The highest BCUT2D eigenvalue weighted by Gasteiger charge is 2.29. The molecule has 2 rings (SSSR count). The summed E-state index contributed by atoms with van der Waals surface area (Å²) in [6.07, 6.45) is 0.882. The van der Waals surface area contributed by atoms with Gasteiger partial charge >= 0.3 is 0 Å². The number of pyridine rings is 1. The molecule has 0 amide bonds. The summed E-state index contributed by atoms with van der Waals surface area (Å²) in [5, 5.41) is 3.33. The van der Waals surface area contributed by atoms with E-state index in [9.17, 15) is 8.42 Å². The highest BCUT2D eigenvalue weighted by molar-refractivity contribution is 7.91. The maximum absolute atomic E-state index is 11.7. The fourth-order valence-corrected chi connectivity index (χ4v) is 4.23. The van der Waals surface area contributed by atoms with E-state index in [1.165, 1.54) is 5.56 Å². The van der Waals surface area contributed by atoms with Crippen LogP contribution in [0.25, 0.3) is 0 Å². The van der Waals surface area contributed by atoms with Gasteiger partial charge in [-0.05, 0) is 37.6 Å². The Balaban J connectivity index is 2.25. The third-order valence-electron chi connectivity index (χ3n) is 3.83. The molecule has 1 aromatic rings. The molecule has 1 N–H and O–H groups in total. The predicted molar refractivity (Wildman–Crippen MR) is 86.5 cm³/mol. The Hall–Kier alpha value is -1.14. The number of hydrogen-bond donors (Lipinski definition) is 1. The zero-order valence-corrected chi connectivity index (χ0v) is 13.9. The van der Waals surface area contributed by atoms with Gasteiger partial charge in [-0.3, -0.25) is 0 Å². The second-order valence-corrected chi connectivity index (χ2v) is 7.84. The summed E-state index contributed by atoms with van der Waals surface area (Å²) in [5.74, 6) is 1.34. The molecule has 1 unspecified atom stereocenters. The molecule has 1 aromatic heterocycles. The van der Waals surface area contributed by atoms with Crippen LogP contribution in [-0.4, -0.2) is 44.0 Å². The monoisotopic (exact) mass is 311 g/mol. The van der Waals surface area contributed by atoms with Crippen molar-refractivity contribution in [1.29, 1.82) is 0 Å². The molecular formula is C15H25N3O2S. The number of rotatable bonds is 5. The molecule has 6 heteroatoms. The second-order valence-electron chi connectivity index (χ2n) is 5.62. The molecule has 2 heterocycles. The van der Waals surface area contributed by atoms with E-state index in [1.807, 2.05) is 6.92 Å². The summed E-state index contributed by atoms with van der Waals surface area (Å²) in [7, 11) is -2.89. The van der Waals surface area contributed by atoms with Crippen molar-refractivity contribution in [2.24, 2.45) is 0 Å². The molecule has 5 nitrogen and oxygen atoms in total. The maximum atomic E-state index is 11.7. The first-order valence-electron chi connectivity index (χ1n) is 7.62. The highest BCUT2D eigenvalue weighted by Crippen LogP contribution is 2.22. The fourth-order valence-electron chi connectivity index (χ4n) is 2.67. The SMILES string of the molecule is CCNCc1cc(CC)nc(N2CCS(=O)(=O)CC2C)c1. The first-order valence-corrected chi connectivity index (χ1v) is 9.45. The zero-order valence-electron chi connectivity index (χ0n) is 13.1. The highest BCUT2D eigenvalue weighted by atomic mass is 32.2. The van der Waals surface area contributed by atoms with Gasteiger partial charge in [-0.15, -0.1) is 0 Å². The minimum absolute atomic E-state index is 0.0182. The van der Waals surface area contributed by atoms with Gasteiger partial charge < -0.3 is 10.2 Å². The van der Waals surface area contributed by atoms with Crippen molar-refractivity contribution in [3.8, 4) is 0 Å². The molecule has 0 aliphatic carbocycles. The number of nitrogens with one attached hydrogen (secondary N) is 1. The Morgan fingerprint density at radius 2 is 2.14 bits per heavy atom. The van der Waals surface area contributed by atoms with E-state index in [0.717, 1.165) is 31.0 Å². The first-order chi connectivity index (χ1) is 9.95. The van der Waals surface area contributed by atoms with Crippen LogP contribution in [0.1, 0.15) is 32.0 Å². The molecule has 1 aliphatic heterocycles. The van der Waals surface area contributed by atoms with Crippen LogP contribution < -0.4 is 10.2 Å². The Kier molecular flexibility index (Phi) is 5.22. The average molecular weight is 311 g/mol. The van der Waals surface area contributed by atoms with E-state index in [2.05, 4.69) is 41.2 Å². The summed E-state index contributed by atoms with van der Waals surface area (Å²) in [6.45, 7) is 8.41. The number of hydrogen-bond acceptors (Lipinski definition) is 5. The zero-order chi connectivity index (χ0) is 15.5. The standard InChI is InChI=1S/C15H25N3O2S/c1-4-14-8-13(10-16-5-2)9-15(17-14)18-6-7-21(19,20)11-12(18)3/h8-9,12,16H,4-7,10-11H2,1-3H3. The summed E-state index contributed by atoms with van der Waals surface area (Å²) in [4.78, 5) is 6.81. The molecule has 0 bridgehead atoms. The summed E-state index contributed by atoms with van der Waals surface area (Å²) in [5.41, 5.74) is 2.26. The molecule has 1 fully saturated rings. The summed E-state index contributed by atoms with van der Waals surface area (Å²) < 4.78 is 23.4. The summed E-state index contributed by atoms with van der Waals surface area (Å²) in [6, 6.07) is 4.18. The third-order valence-corrected chi connectivity index (χ3v) is 5.63. The second kappa shape index (κ2) is 6.75. The molecule has 0 spiro atoms. The molecule has 0 saturated carbocycles. The van der Waals surface area contributed by atoms with Crippen LogP contribution in [0.3, 0.4) is 0 Å². The van der Waals surface area contributed by atoms with Crippen LogP contribution in [0.2, 0.25) is 0 Å². The average Bonchev–Trinajstić information content (AvgIpc) is 2.43. The lowest BCUT2D eigenvalue weighted by molar-refractivity contribution is 0.566. The molecule has 1 saturated heterocycles. The molecule has 0 aromatic carbocycles. The smallest absolute Gasteiger partial charge is 0.154 e. The van der Waals surface area contributed by atoms with Crippen molar-refractivity contribution in [1.82, 2.24) is 10.3 Å². The topological polar surface area (TPSA) is 62.3 Å². The Morgan fingerprint density at radius 1 is 1.38 bits per heavy atom. The number of aromatic nitrogens is 1. The van der Waals surface area contributed by atoms with Gasteiger partial charge in [-0.25, -0.2) is 13.4 Å². The molecular weight excluding hydrogens is 286 g/mol. The van der Waals surface area contributed by atoms with Crippen molar-refractivity contribution in [3.05, 3.63) is 23.4 Å². The Morgan fingerprint density at radius 3 is 2.76 bits per heavy atom. The minimum Gasteiger partial charge on any atom is -0.352 e. The van der Waals surface area contributed by atoms with E-state index in [1.54, 1.807) is 0 Å². The van der Waals surface area contributed by atoms with Gasteiger partial charge in [0.05, 0.1) is 11.5 Å². The Bertz CT molecular complexity index is 587. The number of anilines is 1. The van der Waals surface area contributed by atoms with Gasteiger partial charge in [0, 0.05) is 24.8 Å². The van der Waals surface area contributed by atoms with Crippen molar-refractivity contribution in [2.45, 2.75) is 39.8 Å². The van der Waals surface area contributed by atoms with Crippen molar-refractivity contribution in [3.63, 3.8) is 0 Å². The largest absolute Gasteiger partial charge is 0.352 e. The quantitative estimate of drug-likeness (QED) is 0.890. The van der Waals surface area contributed by atoms with Crippen molar-refractivity contribution in [2.75, 3.05) is 29.5 Å². The molecule has 118 valence electrons. The van der Waals surface area contributed by atoms with Gasteiger partial charge in [-0.1, -0.05) is 13.8 Å². The van der Waals surface area contributed by atoms with Crippen LogP contribution in [0.15, 0.2) is 12.1 Å². The molecule has 1 atom stereocenters. The molecule has 0 radical (unpaired) electrons. The number of nitrogens with zero attached hydrogens (tertiary/aromatic N) is 2. The van der Waals surface area contributed by atoms with Crippen molar-refractivity contribution < 1.29 is 8.42 Å². The first kappa shape index (κ1) is 16.2. The van der Waals surface area contributed by atoms with E-state index in [0.29, 0.717) is 6.54 Å². The van der Waals surface area contributed by atoms with Crippen LogP contribution >= 0.6 is 0 Å². The maximum Gasteiger partial charge on any atom is 0.154 e. The van der Waals surface area contributed by atoms with Crippen LogP contribution in [0.5, 0.6) is 0 Å². The van der Waals surface area contributed by atoms with Gasteiger partial charge in [0.25, 0.3) is 0 Å². The normalized spacial score (nSPS) is 21.5. The van der Waals surface area contributed by atoms with Crippen molar-refractivity contribution >= 4 is 15.7 Å². The van der Waals surface area contributed by atoms with E-state index >= 15 is 0 Å². The van der Waals surface area contributed by atoms with E-state index in [4.69, 9.17) is 0 Å². The molecule has 21 heavy (non-hydrogen) atoms. The van der Waals surface area contributed by atoms with E-state index < -0.39 is 9.84 Å².